The number of carbonyl (C=O) groups is 1. The van der Waals surface area contributed by atoms with Gasteiger partial charge >= 0.3 is 0 Å². The number of aromatic nitrogens is 1. The summed E-state index contributed by atoms with van der Waals surface area (Å²) >= 11 is 1.61. The molecular formula is C15H28N6OS. The Kier molecular flexibility index (Phi) is 7.28. The van der Waals surface area contributed by atoms with E-state index in [1.54, 1.807) is 18.4 Å². The van der Waals surface area contributed by atoms with Crippen LogP contribution in [0.25, 0.3) is 0 Å². The Morgan fingerprint density at radius 1 is 1.26 bits per heavy atom. The minimum absolute atomic E-state index is 0.0425. The first-order valence-electron chi connectivity index (χ1n) is 7.58. The standard InChI is InChI=1S/C15H28N6OS/c1-15(2,3)12(22)17-7-8-18-13(16-4)19-9-11-10-23-14(20-11)21(5)6/h10H,7-9H2,1-6H3,(H,17,22)(H2,16,18,19). The smallest absolute Gasteiger partial charge is 0.225 e. The van der Waals surface area contributed by atoms with E-state index in [1.165, 1.54) is 0 Å². The zero-order valence-electron chi connectivity index (χ0n) is 14.9. The van der Waals surface area contributed by atoms with Gasteiger partial charge in [0.2, 0.25) is 5.91 Å². The van der Waals surface area contributed by atoms with Gasteiger partial charge in [-0.15, -0.1) is 11.3 Å². The minimum Gasteiger partial charge on any atom is -0.355 e. The summed E-state index contributed by atoms with van der Waals surface area (Å²) in [5.41, 5.74) is 0.608. The lowest BCUT2D eigenvalue weighted by molar-refractivity contribution is -0.128. The van der Waals surface area contributed by atoms with Crippen LogP contribution in [-0.4, -0.2) is 51.1 Å². The number of carbonyl (C=O) groups excluding carboxylic acids is 1. The molecule has 0 fully saturated rings. The Bertz CT molecular complexity index is 532. The first kappa shape index (κ1) is 19.2. The van der Waals surface area contributed by atoms with E-state index in [4.69, 9.17) is 0 Å². The average Bonchev–Trinajstić information content (AvgIpc) is 2.94. The van der Waals surface area contributed by atoms with Crippen LogP contribution in [0.3, 0.4) is 0 Å². The predicted molar refractivity (Wildman–Crippen MR) is 97.1 cm³/mol. The van der Waals surface area contributed by atoms with Crippen molar-refractivity contribution >= 4 is 28.3 Å². The van der Waals surface area contributed by atoms with E-state index in [-0.39, 0.29) is 11.3 Å². The molecule has 0 unspecified atom stereocenters. The van der Waals surface area contributed by atoms with Gasteiger partial charge in [0.15, 0.2) is 11.1 Å². The van der Waals surface area contributed by atoms with Gasteiger partial charge < -0.3 is 20.9 Å². The summed E-state index contributed by atoms with van der Waals surface area (Å²) in [4.78, 5) is 22.4. The van der Waals surface area contributed by atoms with Crippen molar-refractivity contribution in [1.82, 2.24) is 20.9 Å². The highest BCUT2D eigenvalue weighted by Gasteiger charge is 2.20. The highest BCUT2D eigenvalue weighted by Crippen LogP contribution is 2.17. The zero-order chi connectivity index (χ0) is 17.5. The second-order valence-electron chi connectivity index (χ2n) is 6.37. The van der Waals surface area contributed by atoms with Crippen molar-refractivity contribution in [2.45, 2.75) is 27.3 Å². The third kappa shape index (κ3) is 6.85. The molecule has 8 heteroatoms. The van der Waals surface area contributed by atoms with Gasteiger partial charge in [0.05, 0.1) is 12.2 Å². The second kappa shape index (κ2) is 8.71. The Morgan fingerprint density at radius 3 is 2.43 bits per heavy atom. The van der Waals surface area contributed by atoms with Crippen molar-refractivity contribution in [2.75, 3.05) is 39.1 Å². The van der Waals surface area contributed by atoms with E-state index in [0.717, 1.165) is 10.8 Å². The average molecular weight is 340 g/mol. The summed E-state index contributed by atoms with van der Waals surface area (Å²) < 4.78 is 0. The van der Waals surface area contributed by atoms with Crippen LogP contribution in [0.1, 0.15) is 26.5 Å². The molecule has 0 aliphatic heterocycles. The molecule has 0 spiro atoms. The largest absolute Gasteiger partial charge is 0.355 e. The number of thiazole rings is 1. The van der Waals surface area contributed by atoms with E-state index < -0.39 is 0 Å². The number of nitrogens with zero attached hydrogens (tertiary/aromatic N) is 3. The molecule has 1 aromatic heterocycles. The first-order valence-corrected chi connectivity index (χ1v) is 8.46. The number of aliphatic imine (C=N–C) groups is 1. The van der Waals surface area contributed by atoms with Gasteiger partial charge in [0, 0.05) is 45.0 Å². The van der Waals surface area contributed by atoms with Crippen LogP contribution in [0.4, 0.5) is 5.13 Å². The molecule has 1 heterocycles. The topological polar surface area (TPSA) is 81.6 Å². The summed E-state index contributed by atoms with van der Waals surface area (Å²) in [6.07, 6.45) is 0. The quantitative estimate of drug-likeness (QED) is 0.409. The van der Waals surface area contributed by atoms with Crippen LogP contribution in [0.5, 0.6) is 0 Å². The Labute approximate surface area is 142 Å². The molecule has 0 aliphatic rings. The van der Waals surface area contributed by atoms with Crippen LogP contribution in [0.2, 0.25) is 0 Å². The number of nitrogens with one attached hydrogen (secondary N) is 3. The molecule has 3 N–H and O–H groups in total. The first-order chi connectivity index (χ1) is 10.7. The van der Waals surface area contributed by atoms with Crippen molar-refractivity contribution in [3.8, 4) is 0 Å². The summed E-state index contributed by atoms with van der Waals surface area (Å²) in [7, 11) is 5.67. The van der Waals surface area contributed by atoms with Gasteiger partial charge in [0.25, 0.3) is 0 Å². The number of hydrogen-bond acceptors (Lipinski definition) is 5. The van der Waals surface area contributed by atoms with E-state index in [1.807, 2.05) is 45.1 Å². The van der Waals surface area contributed by atoms with Crippen molar-refractivity contribution in [1.29, 1.82) is 0 Å². The molecule has 7 nitrogen and oxygen atoms in total. The second-order valence-corrected chi connectivity index (χ2v) is 7.21. The molecule has 0 saturated heterocycles. The van der Waals surface area contributed by atoms with Crippen LogP contribution in [0, 0.1) is 5.41 Å². The zero-order valence-corrected chi connectivity index (χ0v) is 15.7. The van der Waals surface area contributed by atoms with Gasteiger partial charge in [-0.25, -0.2) is 4.98 Å². The van der Waals surface area contributed by atoms with Gasteiger partial charge in [-0.05, 0) is 0 Å². The predicted octanol–water partition coefficient (Wildman–Crippen LogP) is 1.04. The summed E-state index contributed by atoms with van der Waals surface area (Å²) in [5, 5.41) is 12.3. The highest BCUT2D eigenvalue weighted by atomic mass is 32.1. The number of guanidine groups is 1. The number of rotatable bonds is 6. The van der Waals surface area contributed by atoms with E-state index in [2.05, 4.69) is 25.9 Å². The number of amides is 1. The van der Waals surface area contributed by atoms with E-state index >= 15 is 0 Å². The molecule has 23 heavy (non-hydrogen) atoms. The minimum atomic E-state index is -0.366. The van der Waals surface area contributed by atoms with Crippen molar-refractivity contribution in [2.24, 2.45) is 10.4 Å². The maximum atomic E-state index is 11.8. The lowest BCUT2D eigenvalue weighted by Crippen LogP contribution is -2.43. The van der Waals surface area contributed by atoms with Crippen LogP contribution in [-0.2, 0) is 11.3 Å². The fraction of sp³-hybridized carbons (Fsp3) is 0.667. The molecule has 1 amide bonds. The molecule has 1 rings (SSSR count). The van der Waals surface area contributed by atoms with Crippen molar-refractivity contribution in [3.63, 3.8) is 0 Å². The number of hydrogen-bond donors (Lipinski definition) is 3. The SMILES string of the molecule is CN=C(NCCNC(=O)C(C)(C)C)NCc1csc(N(C)C)n1. The third-order valence-electron chi connectivity index (χ3n) is 2.97. The molecule has 0 aliphatic carbocycles. The van der Waals surface area contributed by atoms with Crippen molar-refractivity contribution in [3.05, 3.63) is 11.1 Å². The van der Waals surface area contributed by atoms with Gasteiger partial charge in [-0.2, -0.15) is 0 Å². The fourth-order valence-corrected chi connectivity index (χ4v) is 2.36. The summed E-state index contributed by atoms with van der Waals surface area (Å²) in [5.74, 6) is 0.732. The Balaban J connectivity index is 2.31. The molecule has 0 aromatic carbocycles. The fourth-order valence-electron chi connectivity index (χ4n) is 1.60. The van der Waals surface area contributed by atoms with Crippen LogP contribution in [0.15, 0.2) is 10.4 Å². The van der Waals surface area contributed by atoms with Crippen LogP contribution < -0.4 is 20.9 Å². The maximum Gasteiger partial charge on any atom is 0.225 e. The molecular weight excluding hydrogens is 312 g/mol. The van der Waals surface area contributed by atoms with E-state index in [9.17, 15) is 4.79 Å². The Hall–Kier alpha value is -1.83. The molecule has 130 valence electrons. The third-order valence-corrected chi connectivity index (χ3v) is 4.02. The van der Waals surface area contributed by atoms with Crippen LogP contribution >= 0.6 is 11.3 Å². The van der Waals surface area contributed by atoms with E-state index in [0.29, 0.717) is 25.6 Å². The molecule has 0 atom stereocenters. The maximum absolute atomic E-state index is 11.8. The molecule has 0 radical (unpaired) electrons. The monoisotopic (exact) mass is 340 g/mol. The lowest BCUT2D eigenvalue weighted by atomic mass is 9.96. The Morgan fingerprint density at radius 2 is 1.91 bits per heavy atom. The summed E-state index contributed by atoms with van der Waals surface area (Å²) in [6, 6.07) is 0. The van der Waals surface area contributed by atoms with Gasteiger partial charge in [0.1, 0.15) is 0 Å². The molecule has 0 bridgehead atoms. The highest BCUT2D eigenvalue weighted by molar-refractivity contribution is 7.13. The number of anilines is 1. The van der Waals surface area contributed by atoms with Crippen molar-refractivity contribution < 1.29 is 4.79 Å². The summed E-state index contributed by atoms with van der Waals surface area (Å²) in [6.45, 7) is 7.46. The van der Waals surface area contributed by atoms with Gasteiger partial charge in [-0.1, -0.05) is 20.8 Å². The lowest BCUT2D eigenvalue weighted by Gasteiger charge is -2.18. The van der Waals surface area contributed by atoms with Gasteiger partial charge in [-0.3, -0.25) is 9.79 Å². The normalized spacial score (nSPS) is 12.0. The molecule has 0 saturated carbocycles. The molecule has 1 aromatic rings.